The number of aromatic nitrogens is 2. The number of para-hydroxylation sites is 1. The van der Waals surface area contributed by atoms with Gasteiger partial charge in [0, 0.05) is 50.0 Å². The number of nitrogens with one attached hydrogen (secondary N) is 1. The van der Waals surface area contributed by atoms with Crippen LogP contribution in [0, 0.1) is 13.8 Å². The average molecular weight is 411 g/mol. The van der Waals surface area contributed by atoms with E-state index in [2.05, 4.69) is 48.0 Å². The van der Waals surface area contributed by atoms with Gasteiger partial charge in [-0.25, -0.2) is 9.67 Å². The summed E-state index contributed by atoms with van der Waals surface area (Å²) in [6.45, 7) is 13.8. The van der Waals surface area contributed by atoms with Gasteiger partial charge in [-0.1, -0.05) is 18.2 Å². The second kappa shape index (κ2) is 9.62. The summed E-state index contributed by atoms with van der Waals surface area (Å²) in [5.74, 6) is 1.01. The summed E-state index contributed by atoms with van der Waals surface area (Å²) < 4.78 is 7.54. The highest BCUT2D eigenvalue weighted by Gasteiger charge is 2.30. The maximum atomic E-state index is 5.52. The molecule has 0 spiro atoms. The first-order valence-corrected chi connectivity index (χ1v) is 11.1. The second-order valence-corrected chi connectivity index (χ2v) is 8.10. The van der Waals surface area contributed by atoms with Crippen LogP contribution in [-0.4, -0.2) is 77.5 Å². The lowest BCUT2D eigenvalue weighted by atomic mass is 10.2. The molecule has 2 fully saturated rings. The largest absolute Gasteiger partial charge is 0.379 e. The molecule has 7 heteroatoms. The summed E-state index contributed by atoms with van der Waals surface area (Å²) in [7, 11) is 0. The number of hydrogen-bond donors (Lipinski definition) is 1. The fraction of sp³-hybridized carbons (Fsp3) is 0.565. The summed E-state index contributed by atoms with van der Waals surface area (Å²) in [5, 5.41) is 8.27. The van der Waals surface area contributed by atoms with Gasteiger partial charge in [-0.2, -0.15) is 5.10 Å². The van der Waals surface area contributed by atoms with Gasteiger partial charge in [0.25, 0.3) is 0 Å². The minimum Gasteiger partial charge on any atom is -0.379 e. The zero-order valence-electron chi connectivity index (χ0n) is 18.5. The van der Waals surface area contributed by atoms with Crippen molar-refractivity contribution in [1.82, 2.24) is 24.9 Å². The smallest absolute Gasteiger partial charge is 0.194 e. The molecule has 3 heterocycles. The Bertz CT molecular complexity index is 856. The number of nitrogens with zero attached hydrogens (tertiary/aromatic N) is 5. The van der Waals surface area contributed by atoms with Gasteiger partial charge < -0.3 is 15.0 Å². The number of ether oxygens (including phenoxy) is 1. The third-order valence-electron chi connectivity index (χ3n) is 6.19. The second-order valence-electron chi connectivity index (χ2n) is 8.10. The third kappa shape index (κ3) is 4.52. The summed E-state index contributed by atoms with van der Waals surface area (Å²) in [5.41, 5.74) is 4.50. The third-order valence-corrected chi connectivity index (χ3v) is 6.19. The molecule has 1 aromatic heterocycles. The molecule has 2 aliphatic heterocycles. The van der Waals surface area contributed by atoms with Crippen LogP contribution in [0.25, 0.3) is 5.69 Å². The number of likely N-dealkylation sites (tertiary alicyclic amines) is 1. The predicted octanol–water partition coefficient (Wildman–Crippen LogP) is 2.36. The lowest BCUT2D eigenvalue weighted by Crippen LogP contribution is -2.46. The van der Waals surface area contributed by atoms with E-state index >= 15 is 0 Å². The molecule has 4 rings (SSSR count). The van der Waals surface area contributed by atoms with E-state index in [0.717, 1.165) is 69.0 Å². The normalized spacial score (nSPS) is 20.7. The van der Waals surface area contributed by atoms with E-state index in [9.17, 15) is 0 Å². The monoisotopic (exact) mass is 410 g/mol. The van der Waals surface area contributed by atoms with E-state index in [1.54, 1.807) is 0 Å². The summed E-state index contributed by atoms with van der Waals surface area (Å²) >= 11 is 0. The Morgan fingerprint density at radius 1 is 1.17 bits per heavy atom. The van der Waals surface area contributed by atoms with Crippen LogP contribution in [0.1, 0.15) is 30.3 Å². The Morgan fingerprint density at radius 3 is 2.67 bits per heavy atom. The van der Waals surface area contributed by atoms with Gasteiger partial charge in [0.2, 0.25) is 0 Å². The molecule has 162 valence electrons. The first-order valence-electron chi connectivity index (χ1n) is 11.1. The zero-order valence-corrected chi connectivity index (χ0v) is 18.5. The molecular formula is C23H34N6O. The Balaban J connectivity index is 1.48. The molecule has 1 atom stereocenters. The van der Waals surface area contributed by atoms with Crippen LogP contribution >= 0.6 is 0 Å². The van der Waals surface area contributed by atoms with E-state index in [1.165, 1.54) is 12.0 Å². The molecule has 0 saturated carbocycles. The van der Waals surface area contributed by atoms with Crippen LogP contribution in [0.15, 0.2) is 35.3 Å². The van der Waals surface area contributed by atoms with Crippen LogP contribution in [0.4, 0.5) is 0 Å². The van der Waals surface area contributed by atoms with Gasteiger partial charge in [-0.3, -0.25) is 4.90 Å². The van der Waals surface area contributed by atoms with Gasteiger partial charge in [-0.05, 0) is 39.3 Å². The van der Waals surface area contributed by atoms with Crippen molar-refractivity contribution in [3.8, 4) is 5.69 Å². The molecule has 30 heavy (non-hydrogen) atoms. The molecule has 0 bridgehead atoms. The zero-order chi connectivity index (χ0) is 20.9. The molecule has 1 unspecified atom stereocenters. The Labute approximate surface area is 179 Å². The minimum absolute atomic E-state index is 0.599. The number of morpholine rings is 1. The molecule has 2 aliphatic rings. The summed E-state index contributed by atoms with van der Waals surface area (Å²) in [4.78, 5) is 10.00. The van der Waals surface area contributed by atoms with Crippen molar-refractivity contribution in [2.24, 2.45) is 4.99 Å². The van der Waals surface area contributed by atoms with Crippen molar-refractivity contribution in [3.05, 3.63) is 47.3 Å². The number of guanidine groups is 1. The molecule has 2 aromatic rings. The molecular weight excluding hydrogens is 376 g/mol. The van der Waals surface area contributed by atoms with Crippen LogP contribution in [0.2, 0.25) is 0 Å². The van der Waals surface area contributed by atoms with Crippen molar-refractivity contribution < 1.29 is 4.74 Å². The topological polar surface area (TPSA) is 57.9 Å². The number of aliphatic imine (C=N–C) groups is 1. The lowest BCUT2D eigenvalue weighted by Gasteiger charge is -2.32. The molecule has 0 radical (unpaired) electrons. The van der Waals surface area contributed by atoms with Crippen molar-refractivity contribution in [1.29, 1.82) is 0 Å². The van der Waals surface area contributed by atoms with Gasteiger partial charge >= 0.3 is 0 Å². The molecule has 1 aromatic carbocycles. The van der Waals surface area contributed by atoms with E-state index in [1.807, 2.05) is 22.9 Å². The van der Waals surface area contributed by atoms with Gasteiger partial charge in [0.05, 0.1) is 31.1 Å². The standard InChI is InChI=1S/C23H34N6O/c1-4-24-23(28-11-10-21(17-28)27-12-14-30-15-13-27)25-16-22-18(2)26-29(19(22)3)20-8-6-5-7-9-20/h5-9,21H,4,10-17H2,1-3H3,(H,24,25). The van der Waals surface area contributed by atoms with E-state index in [4.69, 9.17) is 14.8 Å². The number of hydrogen-bond acceptors (Lipinski definition) is 4. The van der Waals surface area contributed by atoms with Crippen LogP contribution in [0.3, 0.4) is 0 Å². The molecule has 1 N–H and O–H groups in total. The van der Waals surface area contributed by atoms with E-state index in [0.29, 0.717) is 12.6 Å². The Morgan fingerprint density at radius 2 is 1.93 bits per heavy atom. The quantitative estimate of drug-likeness (QED) is 0.606. The SMILES string of the molecule is CCNC(=NCc1c(C)nn(-c2ccccc2)c1C)N1CCC(N2CCOCC2)C1. The minimum atomic E-state index is 0.599. The first-order chi connectivity index (χ1) is 14.7. The fourth-order valence-electron chi connectivity index (χ4n) is 4.48. The average Bonchev–Trinajstić information content (AvgIpc) is 3.38. The lowest BCUT2D eigenvalue weighted by molar-refractivity contribution is 0.0195. The number of benzene rings is 1. The van der Waals surface area contributed by atoms with Crippen LogP contribution in [-0.2, 0) is 11.3 Å². The maximum Gasteiger partial charge on any atom is 0.194 e. The van der Waals surface area contributed by atoms with Gasteiger partial charge in [0.1, 0.15) is 0 Å². The number of aryl methyl sites for hydroxylation is 1. The molecule has 0 aliphatic carbocycles. The first kappa shape index (κ1) is 20.9. The Kier molecular flexibility index (Phi) is 6.69. The highest BCUT2D eigenvalue weighted by molar-refractivity contribution is 5.80. The van der Waals surface area contributed by atoms with Crippen molar-refractivity contribution in [2.45, 2.75) is 39.8 Å². The Hall–Kier alpha value is -2.38. The fourth-order valence-corrected chi connectivity index (χ4v) is 4.48. The maximum absolute atomic E-state index is 5.52. The van der Waals surface area contributed by atoms with Gasteiger partial charge in [-0.15, -0.1) is 0 Å². The van der Waals surface area contributed by atoms with Crippen molar-refractivity contribution in [3.63, 3.8) is 0 Å². The van der Waals surface area contributed by atoms with Crippen molar-refractivity contribution in [2.75, 3.05) is 45.9 Å². The molecule has 0 amide bonds. The van der Waals surface area contributed by atoms with Crippen LogP contribution < -0.4 is 5.32 Å². The highest BCUT2D eigenvalue weighted by atomic mass is 16.5. The molecule has 7 nitrogen and oxygen atoms in total. The summed E-state index contributed by atoms with van der Waals surface area (Å²) in [6.07, 6.45) is 1.19. The van der Waals surface area contributed by atoms with E-state index in [-0.39, 0.29) is 0 Å². The van der Waals surface area contributed by atoms with Crippen LogP contribution in [0.5, 0.6) is 0 Å². The molecule has 2 saturated heterocycles. The number of rotatable bonds is 5. The van der Waals surface area contributed by atoms with Crippen molar-refractivity contribution >= 4 is 5.96 Å². The van der Waals surface area contributed by atoms with E-state index < -0.39 is 0 Å². The predicted molar refractivity (Wildman–Crippen MR) is 120 cm³/mol. The highest BCUT2D eigenvalue weighted by Crippen LogP contribution is 2.20. The van der Waals surface area contributed by atoms with Gasteiger partial charge in [0.15, 0.2) is 5.96 Å². The summed E-state index contributed by atoms with van der Waals surface area (Å²) in [6, 6.07) is 10.9.